The molecule has 1 atom stereocenters. The van der Waals surface area contributed by atoms with Crippen LogP contribution in [0.25, 0.3) is 0 Å². The lowest BCUT2D eigenvalue weighted by atomic mass is 9.96. The number of sulfonamides is 1. The Labute approximate surface area is 188 Å². The number of anilines is 1. The van der Waals surface area contributed by atoms with E-state index < -0.39 is 10.0 Å². The molecule has 0 radical (unpaired) electrons. The highest BCUT2D eigenvalue weighted by Gasteiger charge is 2.26. The maximum Gasteiger partial charge on any atom is 0.244 e. The van der Waals surface area contributed by atoms with E-state index in [4.69, 9.17) is 4.74 Å². The van der Waals surface area contributed by atoms with Gasteiger partial charge in [0.2, 0.25) is 10.0 Å². The number of aromatic nitrogens is 1. The Kier molecular flexibility index (Phi) is 6.53. The zero-order valence-electron chi connectivity index (χ0n) is 18.1. The van der Waals surface area contributed by atoms with E-state index in [-0.39, 0.29) is 11.0 Å². The minimum atomic E-state index is -3.54. The lowest BCUT2D eigenvalue weighted by Gasteiger charge is -2.27. The van der Waals surface area contributed by atoms with Gasteiger partial charge in [0, 0.05) is 31.3 Å². The van der Waals surface area contributed by atoms with Gasteiger partial charge in [-0.15, -0.1) is 0 Å². The van der Waals surface area contributed by atoms with Crippen LogP contribution in [0, 0.1) is 0 Å². The first kappa shape index (κ1) is 22.0. The SMILES string of the molecule is CCN(CC)S(=O)(=O)c1ccc(N/N=C2\C[C@H](c3ccccc3)Oc3ccccc32)nc1. The number of hydrogen-bond donors (Lipinski definition) is 1. The van der Waals surface area contributed by atoms with Gasteiger partial charge in [0.1, 0.15) is 22.6 Å². The number of para-hydroxylation sites is 1. The van der Waals surface area contributed by atoms with Gasteiger partial charge in [-0.3, -0.25) is 5.43 Å². The Balaban J connectivity index is 1.57. The fraction of sp³-hybridized carbons (Fsp3) is 0.250. The summed E-state index contributed by atoms with van der Waals surface area (Å²) in [5.74, 6) is 1.25. The number of nitrogens with one attached hydrogen (secondary N) is 1. The standard InChI is InChI=1S/C24H26N4O3S/c1-3-28(4-2)32(29,30)19-14-15-24(25-17-19)27-26-21-16-23(18-10-6-5-7-11-18)31-22-13-9-8-12-20(21)22/h5-15,17,23H,3-4,16H2,1-2H3,(H,25,27)/b26-21+/t23-/m1/s1. The molecule has 1 N–H and O–H groups in total. The van der Waals surface area contributed by atoms with Crippen LogP contribution in [0.2, 0.25) is 0 Å². The first-order valence-electron chi connectivity index (χ1n) is 10.6. The monoisotopic (exact) mass is 450 g/mol. The number of hydrogen-bond acceptors (Lipinski definition) is 6. The molecule has 0 aliphatic carbocycles. The molecule has 1 aliphatic heterocycles. The van der Waals surface area contributed by atoms with Crippen LogP contribution < -0.4 is 10.2 Å². The van der Waals surface area contributed by atoms with E-state index >= 15 is 0 Å². The third-order valence-corrected chi connectivity index (χ3v) is 7.44. The van der Waals surface area contributed by atoms with E-state index in [1.807, 2.05) is 68.4 Å². The largest absolute Gasteiger partial charge is 0.485 e. The minimum Gasteiger partial charge on any atom is -0.485 e. The molecule has 0 fully saturated rings. The maximum absolute atomic E-state index is 12.6. The topological polar surface area (TPSA) is 83.9 Å². The van der Waals surface area contributed by atoms with Gasteiger partial charge in [0.25, 0.3) is 0 Å². The van der Waals surface area contributed by atoms with Gasteiger partial charge in [0.15, 0.2) is 0 Å². The first-order chi connectivity index (χ1) is 15.5. The Morgan fingerprint density at radius 3 is 2.44 bits per heavy atom. The molecule has 1 aromatic heterocycles. The quantitative estimate of drug-likeness (QED) is 0.538. The number of rotatable bonds is 7. The average molecular weight is 451 g/mol. The van der Waals surface area contributed by atoms with Gasteiger partial charge < -0.3 is 4.74 Å². The molecule has 32 heavy (non-hydrogen) atoms. The smallest absolute Gasteiger partial charge is 0.244 e. The second-order valence-electron chi connectivity index (χ2n) is 7.36. The van der Waals surface area contributed by atoms with Gasteiger partial charge in [-0.1, -0.05) is 56.3 Å². The summed E-state index contributed by atoms with van der Waals surface area (Å²) < 4.78 is 32.9. The Bertz CT molecular complexity index is 1190. The van der Waals surface area contributed by atoms with Crippen LogP contribution in [0.1, 0.15) is 37.5 Å². The Hall–Kier alpha value is -3.23. The van der Waals surface area contributed by atoms with Crippen LogP contribution in [-0.4, -0.2) is 36.5 Å². The van der Waals surface area contributed by atoms with Gasteiger partial charge in [-0.2, -0.15) is 9.41 Å². The van der Waals surface area contributed by atoms with E-state index in [1.165, 1.54) is 10.5 Å². The highest BCUT2D eigenvalue weighted by Crippen LogP contribution is 2.35. The van der Waals surface area contributed by atoms with Gasteiger partial charge in [0.05, 0.1) is 5.71 Å². The summed E-state index contributed by atoms with van der Waals surface area (Å²) in [6.07, 6.45) is 1.82. The normalized spacial score (nSPS) is 17.1. The molecule has 0 saturated heterocycles. The summed E-state index contributed by atoms with van der Waals surface area (Å²) in [7, 11) is -3.54. The number of fused-ring (bicyclic) bond motifs is 1. The van der Waals surface area contributed by atoms with E-state index in [2.05, 4.69) is 15.5 Å². The molecule has 0 saturated carbocycles. The summed E-state index contributed by atoms with van der Waals surface area (Å²) >= 11 is 0. The second kappa shape index (κ2) is 9.50. The molecule has 0 unspecified atom stereocenters. The third kappa shape index (κ3) is 4.51. The second-order valence-corrected chi connectivity index (χ2v) is 9.29. The molecule has 2 aromatic carbocycles. The van der Waals surface area contributed by atoms with E-state index in [9.17, 15) is 8.42 Å². The molecular formula is C24H26N4O3S. The van der Waals surface area contributed by atoms with Crippen LogP contribution in [0.15, 0.2) is 82.9 Å². The number of pyridine rings is 1. The number of hydrazone groups is 1. The zero-order chi connectivity index (χ0) is 22.6. The number of benzene rings is 2. The first-order valence-corrected chi connectivity index (χ1v) is 12.1. The lowest BCUT2D eigenvalue weighted by Crippen LogP contribution is -2.30. The van der Waals surface area contributed by atoms with Gasteiger partial charge >= 0.3 is 0 Å². The van der Waals surface area contributed by atoms with E-state index in [1.54, 1.807) is 12.1 Å². The molecule has 0 spiro atoms. The van der Waals surface area contributed by atoms with Crippen molar-refractivity contribution in [3.63, 3.8) is 0 Å². The van der Waals surface area contributed by atoms with Crippen molar-refractivity contribution < 1.29 is 13.2 Å². The molecule has 2 heterocycles. The van der Waals surface area contributed by atoms with Crippen LogP contribution in [0.4, 0.5) is 5.82 Å². The number of nitrogens with zero attached hydrogens (tertiary/aromatic N) is 3. The van der Waals surface area contributed by atoms with Crippen molar-refractivity contribution in [3.8, 4) is 5.75 Å². The molecule has 7 nitrogen and oxygen atoms in total. The third-order valence-electron chi connectivity index (χ3n) is 5.40. The number of ether oxygens (including phenoxy) is 1. The highest BCUT2D eigenvalue weighted by atomic mass is 32.2. The Morgan fingerprint density at radius 1 is 1.03 bits per heavy atom. The minimum absolute atomic E-state index is 0.138. The van der Waals surface area contributed by atoms with Crippen molar-refractivity contribution in [1.82, 2.24) is 9.29 Å². The lowest BCUT2D eigenvalue weighted by molar-refractivity contribution is 0.206. The van der Waals surface area contributed by atoms with Crippen LogP contribution in [0.5, 0.6) is 5.75 Å². The molecular weight excluding hydrogens is 424 g/mol. The van der Waals surface area contributed by atoms with Crippen molar-refractivity contribution in [3.05, 3.63) is 84.1 Å². The summed E-state index contributed by atoms with van der Waals surface area (Å²) in [4.78, 5) is 4.42. The molecule has 4 rings (SSSR count). The molecule has 8 heteroatoms. The van der Waals surface area contributed by atoms with Gasteiger partial charge in [-0.25, -0.2) is 13.4 Å². The summed E-state index contributed by atoms with van der Waals surface area (Å²) in [6, 6.07) is 21.0. The van der Waals surface area contributed by atoms with Crippen molar-refractivity contribution >= 4 is 21.6 Å². The predicted molar refractivity (Wildman–Crippen MR) is 125 cm³/mol. The average Bonchev–Trinajstić information content (AvgIpc) is 2.84. The summed E-state index contributed by atoms with van der Waals surface area (Å²) in [5.41, 5.74) is 5.83. The van der Waals surface area contributed by atoms with Crippen molar-refractivity contribution in [2.45, 2.75) is 31.3 Å². The Morgan fingerprint density at radius 2 is 1.75 bits per heavy atom. The molecule has 1 aliphatic rings. The van der Waals surface area contributed by atoms with Gasteiger partial charge in [-0.05, 0) is 29.8 Å². The van der Waals surface area contributed by atoms with Crippen molar-refractivity contribution in [2.24, 2.45) is 5.10 Å². The summed E-state index contributed by atoms with van der Waals surface area (Å²) in [6.45, 7) is 4.46. The molecule has 3 aromatic rings. The van der Waals surface area contributed by atoms with E-state index in [0.29, 0.717) is 25.3 Å². The fourth-order valence-corrected chi connectivity index (χ4v) is 5.09. The van der Waals surface area contributed by atoms with Crippen LogP contribution in [0.3, 0.4) is 0 Å². The van der Waals surface area contributed by atoms with Crippen molar-refractivity contribution in [1.29, 1.82) is 0 Å². The zero-order valence-corrected chi connectivity index (χ0v) is 18.9. The van der Waals surface area contributed by atoms with E-state index in [0.717, 1.165) is 22.6 Å². The van der Waals surface area contributed by atoms with Crippen LogP contribution in [-0.2, 0) is 10.0 Å². The molecule has 0 bridgehead atoms. The predicted octanol–water partition coefficient (Wildman–Crippen LogP) is 4.45. The summed E-state index contributed by atoms with van der Waals surface area (Å²) in [5, 5.41) is 4.59. The molecule has 166 valence electrons. The highest BCUT2D eigenvalue weighted by molar-refractivity contribution is 7.89. The maximum atomic E-state index is 12.6. The fourth-order valence-electron chi connectivity index (χ4n) is 3.68. The van der Waals surface area contributed by atoms with Crippen LogP contribution >= 0.6 is 0 Å². The molecule has 0 amide bonds. The van der Waals surface area contributed by atoms with Crippen molar-refractivity contribution in [2.75, 3.05) is 18.5 Å².